The molecule has 1 saturated heterocycles. The predicted molar refractivity (Wildman–Crippen MR) is 91.8 cm³/mol. The molecule has 0 amide bonds. The topological polar surface area (TPSA) is 65.7 Å². The van der Waals surface area contributed by atoms with Crippen molar-refractivity contribution in [1.29, 1.82) is 0 Å². The molecule has 1 aliphatic heterocycles. The van der Waals surface area contributed by atoms with Crippen molar-refractivity contribution in [2.24, 2.45) is 5.92 Å². The number of ether oxygens (including phenoxy) is 2. The van der Waals surface area contributed by atoms with Gasteiger partial charge in [-0.1, -0.05) is 23.8 Å². The van der Waals surface area contributed by atoms with Gasteiger partial charge in [0.15, 0.2) is 0 Å². The summed E-state index contributed by atoms with van der Waals surface area (Å²) in [6.07, 6.45) is 8.24. The second-order valence-electron chi connectivity index (χ2n) is 6.68. The van der Waals surface area contributed by atoms with E-state index in [1.807, 2.05) is 19.9 Å². The number of hydrogen-bond acceptors (Lipinski definition) is 5. The van der Waals surface area contributed by atoms with Gasteiger partial charge < -0.3 is 13.9 Å². The molecule has 0 bridgehead atoms. The van der Waals surface area contributed by atoms with E-state index in [1.54, 1.807) is 6.07 Å². The van der Waals surface area contributed by atoms with Gasteiger partial charge in [-0.3, -0.25) is 0 Å². The minimum Gasteiger partial charge on any atom is -0.472 e. The molecule has 1 aromatic rings. The van der Waals surface area contributed by atoms with Crippen LogP contribution in [0, 0.1) is 5.92 Å². The van der Waals surface area contributed by atoms with Crippen LogP contribution in [-0.4, -0.2) is 24.1 Å². The molecule has 0 N–H and O–H groups in total. The quantitative estimate of drug-likeness (QED) is 0.462. The monoisotopic (exact) mass is 342 g/mol. The molecule has 0 aromatic carbocycles. The number of carbonyl (C=O) groups is 2. The summed E-state index contributed by atoms with van der Waals surface area (Å²) in [5.41, 5.74) is 2.96. The molecule has 1 fully saturated rings. The van der Waals surface area contributed by atoms with Gasteiger partial charge in [0.2, 0.25) is 0 Å². The van der Waals surface area contributed by atoms with Crippen molar-refractivity contribution < 1.29 is 23.5 Å². The van der Waals surface area contributed by atoms with Gasteiger partial charge in [-0.15, -0.1) is 0 Å². The molecule has 0 spiro atoms. The molecule has 1 aliphatic carbocycles. The molecule has 3 rings (SSSR count). The van der Waals surface area contributed by atoms with Gasteiger partial charge in [0.05, 0.1) is 17.7 Å². The first-order chi connectivity index (χ1) is 12.0. The summed E-state index contributed by atoms with van der Waals surface area (Å²) in [6, 6.07) is 1.55. The molecule has 0 saturated carbocycles. The molecule has 2 aliphatic rings. The van der Waals surface area contributed by atoms with E-state index in [9.17, 15) is 9.59 Å². The van der Waals surface area contributed by atoms with Gasteiger partial charge in [-0.25, -0.2) is 9.59 Å². The lowest BCUT2D eigenvalue weighted by Crippen LogP contribution is -2.33. The van der Waals surface area contributed by atoms with Crippen LogP contribution in [0.5, 0.6) is 0 Å². The summed E-state index contributed by atoms with van der Waals surface area (Å²) in [7, 11) is 0. The Morgan fingerprint density at radius 3 is 2.84 bits per heavy atom. The van der Waals surface area contributed by atoms with Gasteiger partial charge >= 0.3 is 11.9 Å². The molecular formula is C20H22O5. The lowest BCUT2D eigenvalue weighted by molar-refractivity contribution is -0.137. The van der Waals surface area contributed by atoms with Crippen LogP contribution in [-0.2, 0) is 14.3 Å². The molecule has 3 atom stereocenters. The van der Waals surface area contributed by atoms with Crippen LogP contribution in [0.25, 0.3) is 0 Å². The summed E-state index contributed by atoms with van der Waals surface area (Å²) in [4.78, 5) is 24.5. The van der Waals surface area contributed by atoms with Crippen LogP contribution < -0.4 is 0 Å². The fourth-order valence-corrected chi connectivity index (χ4v) is 3.32. The number of furan rings is 1. The Morgan fingerprint density at radius 1 is 1.32 bits per heavy atom. The summed E-state index contributed by atoms with van der Waals surface area (Å²) in [6.45, 7) is 7.91. The molecule has 25 heavy (non-hydrogen) atoms. The molecule has 5 heteroatoms. The molecule has 1 aromatic heterocycles. The third kappa shape index (κ3) is 3.76. The summed E-state index contributed by atoms with van der Waals surface area (Å²) in [5, 5.41) is 0. The normalized spacial score (nSPS) is 31.2. The van der Waals surface area contributed by atoms with Crippen molar-refractivity contribution in [2.75, 3.05) is 0 Å². The van der Waals surface area contributed by atoms with Crippen LogP contribution in [0.1, 0.15) is 43.5 Å². The number of hydrogen-bond donors (Lipinski definition) is 0. The van der Waals surface area contributed by atoms with Gasteiger partial charge in [-0.2, -0.15) is 0 Å². The zero-order valence-electron chi connectivity index (χ0n) is 14.5. The van der Waals surface area contributed by atoms with Crippen molar-refractivity contribution in [3.8, 4) is 0 Å². The van der Waals surface area contributed by atoms with E-state index in [-0.39, 0.29) is 5.92 Å². The predicted octanol–water partition coefficient (Wildman–Crippen LogP) is 3.98. The van der Waals surface area contributed by atoms with Crippen LogP contribution in [0.3, 0.4) is 0 Å². The Morgan fingerprint density at radius 2 is 2.12 bits per heavy atom. The third-order valence-corrected chi connectivity index (χ3v) is 4.68. The molecule has 5 nitrogen and oxygen atoms in total. The average molecular weight is 342 g/mol. The number of allylic oxidation sites excluding steroid dienone is 2. The lowest BCUT2D eigenvalue weighted by atomic mass is 9.85. The first-order valence-electron chi connectivity index (χ1n) is 8.41. The Bertz CT molecular complexity index is 738. The highest BCUT2D eigenvalue weighted by Gasteiger charge is 2.44. The van der Waals surface area contributed by atoms with E-state index in [1.165, 1.54) is 12.5 Å². The van der Waals surface area contributed by atoms with Gasteiger partial charge in [-0.05, 0) is 38.8 Å². The molecule has 2 heterocycles. The highest BCUT2D eigenvalue weighted by atomic mass is 16.6. The standard InChI is InChI=1S/C20H22O5/c1-12-5-4-6-13(2)10-17(25-20(22)15-7-8-23-11-15)18-14(3)19(21)24-16(18)9-12/h6-9,11,16-18H,3-5,10H2,1-2H3/b12-9+,13-6+. The zero-order valence-corrected chi connectivity index (χ0v) is 14.5. The first-order valence-corrected chi connectivity index (χ1v) is 8.41. The SMILES string of the molecule is C=C1C(=O)OC2/C=C(\C)CC/C=C(\C)CC(OC(=O)c3ccoc3)C12. The maximum atomic E-state index is 12.4. The number of rotatable bonds is 2. The Hall–Kier alpha value is -2.56. The average Bonchev–Trinajstić information content (AvgIpc) is 3.16. The van der Waals surface area contributed by atoms with Crippen LogP contribution >= 0.6 is 0 Å². The van der Waals surface area contributed by atoms with E-state index >= 15 is 0 Å². The van der Waals surface area contributed by atoms with E-state index < -0.39 is 24.1 Å². The number of esters is 2. The lowest BCUT2D eigenvalue weighted by Gasteiger charge is -2.27. The highest BCUT2D eigenvalue weighted by Crippen LogP contribution is 2.36. The Balaban J connectivity index is 1.93. The smallest absolute Gasteiger partial charge is 0.341 e. The van der Waals surface area contributed by atoms with E-state index in [0.29, 0.717) is 17.6 Å². The van der Waals surface area contributed by atoms with Crippen molar-refractivity contribution >= 4 is 11.9 Å². The van der Waals surface area contributed by atoms with Crippen molar-refractivity contribution in [1.82, 2.24) is 0 Å². The van der Waals surface area contributed by atoms with E-state index in [4.69, 9.17) is 13.9 Å². The second kappa shape index (κ2) is 7.13. The maximum absolute atomic E-state index is 12.4. The fraction of sp³-hybridized carbons (Fsp3) is 0.400. The second-order valence-corrected chi connectivity index (χ2v) is 6.68. The molecule has 3 unspecified atom stereocenters. The molecule has 132 valence electrons. The van der Waals surface area contributed by atoms with Crippen molar-refractivity contribution in [3.63, 3.8) is 0 Å². The first kappa shape index (κ1) is 17.3. The molecular weight excluding hydrogens is 320 g/mol. The summed E-state index contributed by atoms with van der Waals surface area (Å²) in [5.74, 6) is -1.29. The third-order valence-electron chi connectivity index (χ3n) is 4.68. The van der Waals surface area contributed by atoms with E-state index in [2.05, 4.69) is 12.7 Å². The summed E-state index contributed by atoms with van der Waals surface area (Å²) >= 11 is 0. The van der Waals surface area contributed by atoms with Crippen LogP contribution in [0.2, 0.25) is 0 Å². The Kier molecular flexibility index (Phi) is 4.93. The number of carbonyl (C=O) groups excluding carboxylic acids is 2. The minimum atomic E-state index is -0.523. The van der Waals surface area contributed by atoms with Gasteiger partial charge in [0.1, 0.15) is 18.5 Å². The van der Waals surface area contributed by atoms with E-state index in [0.717, 1.165) is 24.0 Å². The minimum absolute atomic E-state index is 0.345. The Labute approximate surface area is 147 Å². The van der Waals surface area contributed by atoms with Crippen LogP contribution in [0.15, 0.2) is 58.5 Å². The summed E-state index contributed by atoms with van der Waals surface area (Å²) < 4.78 is 16.2. The maximum Gasteiger partial charge on any atom is 0.341 e. The largest absolute Gasteiger partial charge is 0.472 e. The highest BCUT2D eigenvalue weighted by molar-refractivity contribution is 5.92. The molecule has 0 radical (unpaired) electrons. The van der Waals surface area contributed by atoms with Crippen molar-refractivity contribution in [3.05, 3.63) is 59.6 Å². The zero-order chi connectivity index (χ0) is 18.0. The van der Waals surface area contributed by atoms with Gasteiger partial charge in [0, 0.05) is 12.0 Å². The van der Waals surface area contributed by atoms with Crippen LogP contribution in [0.4, 0.5) is 0 Å². The number of fused-ring (bicyclic) bond motifs is 1. The van der Waals surface area contributed by atoms with Gasteiger partial charge in [0.25, 0.3) is 0 Å². The fourth-order valence-electron chi connectivity index (χ4n) is 3.32. The van der Waals surface area contributed by atoms with Crippen molar-refractivity contribution in [2.45, 2.75) is 45.3 Å².